The number of benzene rings is 1. The van der Waals surface area contributed by atoms with Crippen LogP contribution in [0.15, 0.2) is 36.4 Å². The number of hydrogen-bond acceptors (Lipinski definition) is 4. The van der Waals surface area contributed by atoms with Gasteiger partial charge < -0.3 is 10.2 Å². The molecule has 0 unspecified atom stereocenters. The SMILES string of the molecule is CC1CCN(c2ccc(C(=O)NCCc3cccc(Cl)c3)nn2)CC1. The number of carbonyl (C=O) groups excluding carboxylic acids is 1. The summed E-state index contributed by atoms with van der Waals surface area (Å²) >= 11 is 5.96. The molecule has 1 aliphatic rings. The molecule has 25 heavy (non-hydrogen) atoms. The van der Waals surface area contributed by atoms with Gasteiger partial charge in [0.1, 0.15) is 0 Å². The van der Waals surface area contributed by atoms with Crippen molar-refractivity contribution in [2.45, 2.75) is 26.2 Å². The third-order valence-electron chi connectivity index (χ3n) is 4.58. The number of halogens is 1. The van der Waals surface area contributed by atoms with Crippen molar-refractivity contribution in [1.82, 2.24) is 15.5 Å². The molecule has 1 aliphatic heterocycles. The van der Waals surface area contributed by atoms with Gasteiger partial charge in [-0.1, -0.05) is 30.7 Å². The van der Waals surface area contributed by atoms with Crippen molar-refractivity contribution in [3.05, 3.63) is 52.7 Å². The van der Waals surface area contributed by atoms with Crippen molar-refractivity contribution in [3.63, 3.8) is 0 Å². The molecule has 1 N–H and O–H groups in total. The Morgan fingerprint density at radius 2 is 2.04 bits per heavy atom. The van der Waals surface area contributed by atoms with Gasteiger partial charge in [0.25, 0.3) is 5.91 Å². The molecule has 2 heterocycles. The van der Waals surface area contributed by atoms with Crippen LogP contribution in [-0.2, 0) is 6.42 Å². The number of anilines is 1. The molecule has 0 radical (unpaired) electrons. The Morgan fingerprint density at radius 1 is 1.24 bits per heavy atom. The van der Waals surface area contributed by atoms with E-state index < -0.39 is 0 Å². The summed E-state index contributed by atoms with van der Waals surface area (Å²) in [6, 6.07) is 11.3. The standard InChI is InChI=1S/C19H23ClN4O/c1-14-8-11-24(12-9-14)18-6-5-17(22-23-18)19(25)21-10-7-15-3-2-4-16(20)13-15/h2-6,13-14H,7-12H2,1H3,(H,21,25). The lowest BCUT2D eigenvalue weighted by Crippen LogP contribution is -2.34. The van der Waals surface area contributed by atoms with Crippen LogP contribution in [0.5, 0.6) is 0 Å². The van der Waals surface area contributed by atoms with E-state index in [2.05, 4.69) is 27.3 Å². The van der Waals surface area contributed by atoms with Gasteiger partial charge in [-0.05, 0) is 55.0 Å². The zero-order chi connectivity index (χ0) is 17.6. The summed E-state index contributed by atoms with van der Waals surface area (Å²) in [5.41, 5.74) is 1.44. The minimum atomic E-state index is -0.201. The molecular formula is C19H23ClN4O. The van der Waals surface area contributed by atoms with E-state index in [1.165, 1.54) is 12.8 Å². The fourth-order valence-corrected chi connectivity index (χ4v) is 3.17. The van der Waals surface area contributed by atoms with Crippen molar-refractivity contribution in [2.75, 3.05) is 24.5 Å². The van der Waals surface area contributed by atoms with E-state index in [9.17, 15) is 4.79 Å². The molecule has 0 atom stereocenters. The summed E-state index contributed by atoms with van der Waals surface area (Å²) in [6.45, 7) is 4.81. The second-order valence-electron chi connectivity index (χ2n) is 6.58. The summed E-state index contributed by atoms with van der Waals surface area (Å²) in [5, 5.41) is 11.9. The fourth-order valence-electron chi connectivity index (χ4n) is 2.96. The quantitative estimate of drug-likeness (QED) is 0.890. The number of piperidine rings is 1. The topological polar surface area (TPSA) is 58.1 Å². The van der Waals surface area contributed by atoms with E-state index in [1.54, 1.807) is 6.07 Å². The van der Waals surface area contributed by atoms with Gasteiger partial charge in [0.05, 0.1) is 0 Å². The number of nitrogens with zero attached hydrogens (tertiary/aromatic N) is 3. The Bertz CT molecular complexity index is 712. The van der Waals surface area contributed by atoms with Crippen LogP contribution in [-0.4, -0.2) is 35.7 Å². The zero-order valence-electron chi connectivity index (χ0n) is 14.4. The van der Waals surface area contributed by atoms with Crippen LogP contribution in [0, 0.1) is 5.92 Å². The van der Waals surface area contributed by atoms with E-state index >= 15 is 0 Å². The molecule has 132 valence electrons. The number of aromatic nitrogens is 2. The first-order chi connectivity index (χ1) is 12.1. The van der Waals surface area contributed by atoms with Crippen molar-refractivity contribution in [3.8, 4) is 0 Å². The summed E-state index contributed by atoms with van der Waals surface area (Å²) in [5.74, 6) is 1.42. The Balaban J connectivity index is 1.50. The summed E-state index contributed by atoms with van der Waals surface area (Å²) in [4.78, 5) is 14.4. The first-order valence-corrected chi connectivity index (χ1v) is 9.11. The second kappa shape index (κ2) is 8.30. The number of amides is 1. The normalized spacial score (nSPS) is 15.2. The monoisotopic (exact) mass is 358 g/mol. The van der Waals surface area contributed by atoms with Crippen LogP contribution >= 0.6 is 11.6 Å². The van der Waals surface area contributed by atoms with Crippen LogP contribution in [0.2, 0.25) is 5.02 Å². The molecule has 5 nitrogen and oxygen atoms in total. The first kappa shape index (κ1) is 17.7. The summed E-state index contributed by atoms with van der Waals surface area (Å²) in [7, 11) is 0. The molecule has 1 fully saturated rings. The number of carbonyl (C=O) groups is 1. The second-order valence-corrected chi connectivity index (χ2v) is 7.02. The highest BCUT2D eigenvalue weighted by molar-refractivity contribution is 6.30. The lowest BCUT2D eigenvalue weighted by molar-refractivity contribution is 0.0948. The van der Waals surface area contributed by atoms with E-state index in [-0.39, 0.29) is 5.91 Å². The average Bonchev–Trinajstić information content (AvgIpc) is 2.62. The number of nitrogens with one attached hydrogen (secondary N) is 1. The predicted octanol–water partition coefficient (Wildman–Crippen LogP) is 3.34. The van der Waals surface area contributed by atoms with E-state index in [0.717, 1.165) is 36.8 Å². The largest absolute Gasteiger partial charge is 0.355 e. The molecule has 1 aromatic carbocycles. The van der Waals surface area contributed by atoms with E-state index in [0.29, 0.717) is 17.3 Å². The van der Waals surface area contributed by atoms with Crippen LogP contribution in [0.4, 0.5) is 5.82 Å². The third kappa shape index (κ3) is 4.92. The van der Waals surface area contributed by atoms with Crippen molar-refractivity contribution in [1.29, 1.82) is 0 Å². The van der Waals surface area contributed by atoms with Crippen LogP contribution in [0.3, 0.4) is 0 Å². The van der Waals surface area contributed by atoms with Crippen molar-refractivity contribution < 1.29 is 4.79 Å². The lowest BCUT2D eigenvalue weighted by Gasteiger charge is -2.30. The lowest BCUT2D eigenvalue weighted by atomic mass is 9.99. The van der Waals surface area contributed by atoms with E-state index in [1.807, 2.05) is 30.3 Å². The molecule has 1 aromatic heterocycles. The molecular weight excluding hydrogens is 336 g/mol. The zero-order valence-corrected chi connectivity index (χ0v) is 15.2. The first-order valence-electron chi connectivity index (χ1n) is 8.73. The Labute approximate surface area is 153 Å². The minimum Gasteiger partial charge on any atom is -0.355 e. The van der Waals surface area contributed by atoms with Gasteiger partial charge in [-0.3, -0.25) is 4.79 Å². The summed E-state index contributed by atoms with van der Waals surface area (Å²) < 4.78 is 0. The van der Waals surface area contributed by atoms with Crippen LogP contribution in [0.1, 0.15) is 35.8 Å². The van der Waals surface area contributed by atoms with Crippen molar-refractivity contribution in [2.24, 2.45) is 5.92 Å². The molecule has 0 bridgehead atoms. The van der Waals surface area contributed by atoms with E-state index in [4.69, 9.17) is 11.6 Å². The molecule has 0 aliphatic carbocycles. The fraction of sp³-hybridized carbons (Fsp3) is 0.421. The maximum Gasteiger partial charge on any atom is 0.271 e. The van der Waals surface area contributed by atoms with Crippen LogP contribution < -0.4 is 10.2 Å². The van der Waals surface area contributed by atoms with Gasteiger partial charge in [-0.2, -0.15) is 0 Å². The predicted molar refractivity (Wildman–Crippen MR) is 100 cm³/mol. The van der Waals surface area contributed by atoms with Crippen molar-refractivity contribution >= 4 is 23.3 Å². The number of rotatable bonds is 5. The summed E-state index contributed by atoms with van der Waals surface area (Å²) in [6.07, 6.45) is 3.07. The Kier molecular flexibility index (Phi) is 5.87. The Morgan fingerprint density at radius 3 is 2.72 bits per heavy atom. The molecule has 6 heteroatoms. The minimum absolute atomic E-state index is 0.201. The van der Waals surface area contributed by atoms with Gasteiger partial charge >= 0.3 is 0 Å². The molecule has 0 saturated carbocycles. The average molecular weight is 359 g/mol. The van der Waals surface area contributed by atoms with Gasteiger partial charge in [0.15, 0.2) is 11.5 Å². The van der Waals surface area contributed by atoms with Gasteiger partial charge in [0.2, 0.25) is 0 Å². The molecule has 1 saturated heterocycles. The molecule has 3 rings (SSSR count). The Hall–Kier alpha value is -2.14. The molecule has 0 spiro atoms. The van der Waals surface area contributed by atoms with Gasteiger partial charge in [-0.25, -0.2) is 0 Å². The highest BCUT2D eigenvalue weighted by Crippen LogP contribution is 2.20. The van der Waals surface area contributed by atoms with Crippen LogP contribution in [0.25, 0.3) is 0 Å². The molecule has 2 aromatic rings. The smallest absolute Gasteiger partial charge is 0.271 e. The van der Waals surface area contributed by atoms with Gasteiger partial charge in [-0.15, -0.1) is 10.2 Å². The molecule has 1 amide bonds. The highest BCUT2D eigenvalue weighted by atomic mass is 35.5. The maximum absolute atomic E-state index is 12.2. The third-order valence-corrected chi connectivity index (χ3v) is 4.81. The highest BCUT2D eigenvalue weighted by Gasteiger charge is 2.17. The number of hydrogen-bond donors (Lipinski definition) is 1. The van der Waals surface area contributed by atoms with Gasteiger partial charge in [0, 0.05) is 24.7 Å². The maximum atomic E-state index is 12.2.